The summed E-state index contributed by atoms with van der Waals surface area (Å²) in [5.74, 6) is -0.277. The van der Waals surface area contributed by atoms with Crippen LogP contribution >= 0.6 is 0 Å². The van der Waals surface area contributed by atoms with Gasteiger partial charge in [0.1, 0.15) is 11.9 Å². The van der Waals surface area contributed by atoms with E-state index in [0.29, 0.717) is 0 Å². The minimum Gasteiger partial charge on any atom is -0.448 e. The van der Waals surface area contributed by atoms with Crippen LogP contribution in [-0.4, -0.2) is 32.6 Å². The van der Waals surface area contributed by atoms with Crippen LogP contribution < -0.4 is 5.73 Å². The van der Waals surface area contributed by atoms with Crippen molar-refractivity contribution < 1.29 is 17.9 Å². The quantitative estimate of drug-likeness (QED) is 0.874. The summed E-state index contributed by atoms with van der Waals surface area (Å²) in [5, 5.41) is -0.799. The SMILES string of the molecule is CC(c1ccccc1)C(COC(N)=O)S(C)(=O)=O. The number of hydrogen-bond donors (Lipinski definition) is 1. The minimum atomic E-state index is -3.34. The van der Waals surface area contributed by atoms with Gasteiger partial charge in [-0.3, -0.25) is 0 Å². The van der Waals surface area contributed by atoms with Crippen molar-refractivity contribution in [1.29, 1.82) is 0 Å². The standard InChI is InChI=1S/C12H17NO4S/c1-9(10-6-4-3-5-7-10)11(18(2,15)16)8-17-12(13)14/h3-7,9,11H,8H2,1-2H3,(H2,13,14). The maximum absolute atomic E-state index is 11.7. The Morgan fingerprint density at radius 2 is 1.89 bits per heavy atom. The summed E-state index contributed by atoms with van der Waals surface area (Å²) in [6.07, 6.45) is 0.158. The number of sulfone groups is 1. The summed E-state index contributed by atoms with van der Waals surface area (Å²) >= 11 is 0. The van der Waals surface area contributed by atoms with Crippen LogP contribution in [0.2, 0.25) is 0 Å². The van der Waals surface area contributed by atoms with Crippen molar-refractivity contribution >= 4 is 15.9 Å². The van der Waals surface area contributed by atoms with E-state index >= 15 is 0 Å². The predicted molar refractivity (Wildman–Crippen MR) is 69.0 cm³/mol. The fourth-order valence-corrected chi connectivity index (χ4v) is 2.99. The Balaban J connectivity index is 2.93. The van der Waals surface area contributed by atoms with E-state index in [9.17, 15) is 13.2 Å². The molecule has 0 aliphatic heterocycles. The van der Waals surface area contributed by atoms with Crippen LogP contribution in [-0.2, 0) is 14.6 Å². The molecule has 18 heavy (non-hydrogen) atoms. The molecular formula is C12H17NO4S. The normalized spacial score (nSPS) is 14.8. The average Bonchev–Trinajstić information content (AvgIpc) is 2.28. The lowest BCUT2D eigenvalue weighted by atomic mass is 9.98. The lowest BCUT2D eigenvalue weighted by molar-refractivity contribution is 0.154. The molecule has 0 heterocycles. The molecule has 1 aromatic rings. The molecule has 0 radical (unpaired) electrons. The van der Waals surface area contributed by atoms with E-state index in [1.54, 1.807) is 6.92 Å². The average molecular weight is 271 g/mol. The zero-order valence-electron chi connectivity index (χ0n) is 10.4. The van der Waals surface area contributed by atoms with Crippen molar-refractivity contribution in [3.05, 3.63) is 35.9 Å². The molecule has 5 nitrogen and oxygen atoms in total. The van der Waals surface area contributed by atoms with E-state index in [1.807, 2.05) is 30.3 Å². The third-order valence-electron chi connectivity index (χ3n) is 2.82. The fraction of sp³-hybridized carbons (Fsp3) is 0.417. The molecule has 2 unspecified atom stereocenters. The maximum atomic E-state index is 11.7. The van der Waals surface area contributed by atoms with Gasteiger partial charge in [-0.15, -0.1) is 0 Å². The molecule has 0 aliphatic carbocycles. The first-order chi connectivity index (χ1) is 8.32. The van der Waals surface area contributed by atoms with Gasteiger partial charge in [0.2, 0.25) is 0 Å². The summed E-state index contributed by atoms with van der Waals surface area (Å²) in [6.45, 7) is 1.55. The second kappa shape index (κ2) is 5.86. The Kier molecular flexibility index (Phi) is 4.72. The number of primary amides is 1. The second-order valence-electron chi connectivity index (χ2n) is 4.20. The number of amides is 1. The zero-order chi connectivity index (χ0) is 13.8. The largest absolute Gasteiger partial charge is 0.448 e. The summed E-state index contributed by atoms with van der Waals surface area (Å²) in [7, 11) is -3.34. The Morgan fingerprint density at radius 3 is 2.33 bits per heavy atom. The molecule has 1 amide bonds. The van der Waals surface area contributed by atoms with Gasteiger partial charge in [-0.1, -0.05) is 37.3 Å². The molecule has 0 aromatic heterocycles. The molecule has 0 bridgehead atoms. The lowest BCUT2D eigenvalue weighted by Crippen LogP contribution is -2.33. The minimum absolute atomic E-state index is 0.232. The first-order valence-electron chi connectivity index (χ1n) is 5.48. The highest BCUT2D eigenvalue weighted by molar-refractivity contribution is 7.91. The molecule has 0 fully saturated rings. The van der Waals surface area contributed by atoms with Gasteiger partial charge >= 0.3 is 6.09 Å². The Hall–Kier alpha value is -1.56. The third-order valence-corrected chi connectivity index (χ3v) is 4.47. The molecular weight excluding hydrogens is 254 g/mol. The highest BCUT2D eigenvalue weighted by Crippen LogP contribution is 2.24. The summed E-state index contributed by atoms with van der Waals surface area (Å²) in [6, 6.07) is 9.20. The van der Waals surface area contributed by atoms with E-state index in [0.717, 1.165) is 11.8 Å². The van der Waals surface area contributed by atoms with Crippen molar-refractivity contribution in [1.82, 2.24) is 0 Å². The van der Waals surface area contributed by atoms with Gasteiger partial charge in [-0.05, 0) is 5.56 Å². The van der Waals surface area contributed by atoms with Crippen molar-refractivity contribution in [2.24, 2.45) is 5.73 Å². The molecule has 0 spiro atoms. The number of nitrogens with two attached hydrogens (primary N) is 1. The van der Waals surface area contributed by atoms with E-state index in [2.05, 4.69) is 4.74 Å². The number of rotatable bonds is 5. The van der Waals surface area contributed by atoms with Gasteiger partial charge in [0.25, 0.3) is 0 Å². The van der Waals surface area contributed by atoms with E-state index in [4.69, 9.17) is 5.73 Å². The molecule has 1 rings (SSSR count). The van der Waals surface area contributed by atoms with Crippen LogP contribution in [0.4, 0.5) is 4.79 Å². The van der Waals surface area contributed by atoms with Crippen molar-refractivity contribution in [2.75, 3.05) is 12.9 Å². The fourth-order valence-electron chi connectivity index (χ4n) is 1.77. The zero-order valence-corrected chi connectivity index (χ0v) is 11.2. The topological polar surface area (TPSA) is 86.5 Å². The van der Waals surface area contributed by atoms with Gasteiger partial charge in [0.15, 0.2) is 9.84 Å². The number of hydrogen-bond acceptors (Lipinski definition) is 4. The molecule has 1 aromatic carbocycles. The van der Waals surface area contributed by atoms with Gasteiger partial charge in [0.05, 0.1) is 0 Å². The molecule has 6 heteroatoms. The van der Waals surface area contributed by atoms with Crippen LogP contribution in [0, 0.1) is 0 Å². The lowest BCUT2D eigenvalue weighted by Gasteiger charge is -2.22. The van der Waals surface area contributed by atoms with Crippen LogP contribution in [0.5, 0.6) is 0 Å². The Bertz CT molecular complexity index is 498. The van der Waals surface area contributed by atoms with E-state index < -0.39 is 21.2 Å². The number of ether oxygens (including phenoxy) is 1. The summed E-state index contributed by atoms with van der Waals surface area (Å²) in [5.41, 5.74) is 5.74. The molecule has 2 atom stereocenters. The van der Waals surface area contributed by atoms with Gasteiger partial charge in [-0.25, -0.2) is 13.2 Å². The summed E-state index contributed by atoms with van der Waals surface area (Å²) in [4.78, 5) is 10.6. The van der Waals surface area contributed by atoms with Crippen molar-refractivity contribution in [3.8, 4) is 0 Å². The highest BCUT2D eigenvalue weighted by atomic mass is 32.2. The van der Waals surface area contributed by atoms with Crippen LogP contribution in [0.1, 0.15) is 18.4 Å². The van der Waals surface area contributed by atoms with Gasteiger partial charge in [0, 0.05) is 12.2 Å². The molecule has 0 aliphatic rings. The van der Waals surface area contributed by atoms with Crippen molar-refractivity contribution in [2.45, 2.75) is 18.1 Å². The number of carbonyl (C=O) groups is 1. The third kappa shape index (κ3) is 4.03. The molecule has 100 valence electrons. The first kappa shape index (κ1) is 14.5. The molecule has 2 N–H and O–H groups in total. The Morgan fingerprint density at radius 1 is 1.33 bits per heavy atom. The van der Waals surface area contributed by atoms with Crippen LogP contribution in [0.25, 0.3) is 0 Å². The van der Waals surface area contributed by atoms with E-state index in [-0.39, 0.29) is 12.5 Å². The predicted octanol–water partition coefficient (Wildman–Crippen LogP) is 1.30. The molecule has 0 saturated heterocycles. The second-order valence-corrected chi connectivity index (χ2v) is 6.46. The monoisotopic (exact) mass is 271 g/mol. The smallest absolute Gasteiger partial charge is 0.404 e. The van der Waals surface area contributed by atoms with Crippen molar-refractivity contribution in [3.63, 3.8) is 0 Å². The maximum Gasteiger partial charge on any atom is 0.404 e. The van der Waals surface area contributed by atoms with E-state index in [1.165, 1.54) is 0 Å². The Labute approximate surface area is 107 Å². The van der Waals surface area contributed by atoms with Crippen LogP contribution in [0.3, 0.4) is 0 Å². The molecule has 0 saturated carbocycles. The number of benzene rings is 1. The van der Waals surface area contributed by atoms with Crippen LogP contribution in [0.15, 0.2) is 30.3 Å². The van der Waals surface area contributed by atoms with Gasteiger partial charge in [-0.2, -0.15) is 0 Å². The number of carbonyl (C=O) groups excluding carboxylic acids is 1. The summed E-state index contributed by atoms with van der Waals surface area (Å²) < 4.78 is 28.1. The highest BCUT2D eigenvalue weighted by Gasteiger charge is 2.29. The van der Waals surface area contributed by atoms with Gasteiger partial charge < -0.3 is 10.5 Å². The first-order valence-corrected chi connectivity index (χ1v) is 7.44.